The van der Waals surface area contributed by atoms with E-state index in [0.29, 0.717) is 57.2 Å². The number of sulfonamides is 1. The third kappa shape index (κ3) is 5.91. The largest absolute Gasteiger partial charge is 0.354 e. The van der Waals surface area contributed by atoms with Crippen LogP contribution in [0.3, 0.4) is 0 Å². The van der Waals surface area contributed by atoms with Gasteiger partial charge in [0.1, 0.15) is 11.9 Å². The van der Waals surface area contributed by atoms with E-state index in [9.17, 15) is 18.5 Å². The molecule has 2 aliphatic rings. The van der Waals surface area contributed by atoms with Crippen molar-refractivity contribution in [2.75, 3.05) is 63.8 Å². The fourth-order valence-corrected chi connectivity index (χ4v) is 5.98. The van der Waals surface area contributed by atoms with Gasteiger partial charge < -0.3 is 9.80 Å². The Morgan fingerprint density at radius 2 is 1.71 bits per heavy atom. The zero-order valence-corrected chi connectivity index (χ0v) is 20.0. The zero-order chi connectivity index (χ0) is 24.0. The van der Waals surface area contributed by atoms with E-state index < -0.39 is 10.0 Å². The lowest BCUT2D eigenvalue weighted by Gasteiger charge is -2.35. The molecule has 2 saturated heterocycles. The maximum absolute atomic E-state index is 12.9. The fraction of sp³-hybridized carbons (Fsp3) is 0.458. The molecule has 2 aromatic rings. The molecule has 180 valence electrons. The lowest BCUT2D eigenvalue weighted by Crippen LogP contribution is -2.53. The Morgan fingerprint density at radius 1 is 0.941 bits per heavy atom. The summed E-state index contributed by atoms with van der Waals surface area (Å²) >= 11 is 0. The smallest absolute Gasteiger partial charge is 0.236 e. The minimum absolute atomic E-state index is 0.0180. The quantitative estimate of drug-likeness (QED) is 0.609. The summed E-state index contributed by atoms with van der Waals surface area (Å²) in [5, 5.41) is 9.36. The van der Waals surface area contributed by atoms with Crippen LogP contribution in [0.1, 0.15) is 17.5 Å². The highest BCUT2D eigenvalue weighted by Crippen LogP contribution is 2.19. The number of benzene rings is 1. The van der Waals surface area contributed by atoms with E-state index in [1.54, 1.807) is 23.2 Å². The first-order valence-electron chi connectivity index (χ1n) is 11.6. The predicted octanol–water partition coefficient (Wildman–Crippen LogP) is 1.14. The molecule has 0 atom stereocenters. The number of pyridine rings is 1. The molecule has 34 heavy (non-hydrogen) atoms. The van der Waals surface area contributed by atoms with Crippen LogP contribution < -0.4 is 4.90 Å². The minimum Gasteiger partial charge on any atom is -0.354 e. The fourth-order valence-electron chi connectivity index (χ4n) is 4.46. The summed E-state index contributed by atoms with van der Waals surface area (Å²) in [6.45, 7) is 4.77. The molecule has 0 bridgehead atoms. The monoisotopic (exact) mass is 482 g/mol. The van der Waals surface area contributed by atoms with Crippen molar-refractivity contribution in [1.82, 2.24) is 19.1 Å². The highest BCUT2D eigenvalue weighted by atomic mass is 32.2. The molecule has 4 rings (SSSR count). The number of nitriles is 1. The molecule has 3 heterocycles. The summed E-state index contributed by atoms with van der Waals surface area (Å²) in [5.74, 6) is 0.714. The summed E-state index contributed by atoms with van der Waals surface area (Å²) in [5.41, 5.74) is 1.33. The van der Waals surface area contributed by atoms with Gasteiger partial charge in [0.2, 0.25) is 15.9 Å². The van der Waals surface area contributed by atoms with Gasteiger partial charge in [-0.3, -0.25) is 9.69 Å². The van der Waals surface area contributed by atoms with E-state index in [1.165, 1.54) is 4.31 Å². The van der Waals surface area contributed by atoms with Gasteiger partial charge in [-0.25, -0.2) is 13.4 Å². The Balaban J connectivity index is 1.27. The summed E-state index contributed by atoms with van der Waals surface area (Å²) in [6.07, 6.45) is 2.57. The molecule has 10 heteroatoms. The van der Waals surface area contributed by atoms with Crippen LogP contribution in [0.25, 0.3) is 0 Å². The first kappa shape index (κ1) is 24.1. The molecule has 1 aromatic carbocycles. The van der Waals surface area contributed by atoms with Crippen LogP contribution in [0, 0.1) is 11.3 Å². The number of aromatic nitrogens is 1. The summed E-state index contributed by atoms with van der Waals surface area (Å²) < 4.78 is 27.0. The average molecular weight is 483 g/mol. The van der Waals surface area contributed by atoms with Gasteiger partial charge in [-0.15, -0.1) is 0 Å². The number of piperazine rings is 1. The van der Waals surface area contributed by atoms with Gasteiger partial charge in [0.05, 0.1) is 17.9 Å². The number of hydrogen-bond acceptors (Lipinski definition) is 7. The van der Waals surface area contributed by atoms with Gasteiger partial charge in [-0.05, 0) is 24.1 Å². The zero-order valence-electron chi connectivity index (χ0n) is 19.2. The molecule has 0 saturated carbocycles. The molecule has 9 nitrogen and oxygen atoms in total. The number of anilines is 1. The third-order valence-corrected chi connectivity index (χ3v) is 8.18. The van der Waals surface area contributed by atoms with Crippen LogP contribution in [-0.2, 0) is 20.6 Å². The average Bonchev–Trinajstić information content (AvgIpc) is 3.10. The molecular weight excluding hydrogens is 452 g/mol. The third-order valence-electron chi connectivity index (χ3n) is 6.33. The normalized spacial score (nSPS) is 18.3. The van der Waals surface area contributed by atoms with E-state index in [2.05, 4.69) is 20.9 Å². The van der Waals surface area contributed by atoms with E-state index in [-0.39, 0.29) is 11.7 Å². The molecule has 0 spiro atoms. The topological polar surface area (TPSA) is 101 Å². The molecule has 1 amide bonds. The Labute approximate surface area is 201 Å². The van der Waals surface area contributed by atoms with E-state index in [4.69, 9.17) is 0 Å². The molecule has 2 fully saturated rings. The predicted molar refractivity (Wildman–Crippen MR) is 129 cm³/mol. The minimum atomic E-state index is -3.41. The van der Waals surface area contributed by atoms with Crippen molar-refractivity contribution in [3.8, 4) is 6.07 Å². The van der Waals surface area contributed by atoms with Crippen LogP contribution in [0.15, 0.2) is 48.7 Å². The highest BCUT2D eigenvalue weighted by Gasteiger charge is 2.30. The molecule has 0 aliphatic carbocycles. The lowest BCUT2D eigenvalue weighted by atomic mass is 10.2. The van der Waals surface area contributed by atoms with Gasteiger partial charge in [0.25, 0.3) is 0 Å². The van der Waals surface area contributed by atoms with Crippen LogP contribution in [0.5, 0.6) is 0 Å². The lowest BCUT2D eigenvalue weighted by molar-refractivity contribution is -0.133. The van der Waals surface area contributed by atoms with Crippen molar-refractivity contribution in [3.63, 3.8) is 0 Å². The van der Waals surface area contributed by atoms with Crippen molar-refractivity contribution in [3.05, 3.63) is 59.8 Å². The second-order valence-corrected chi connectivity index (χ2v) is 10.6. The van der Waals surface area contributed by atoms with Crippen LogP contribution in [0.2, 0.25) is 0 Å². The van der Waals surface area contributed by atoms with Crippen LogP contribution in [0.4, 0.5) is 5.82 Å². The number of rotatable bonds is 6. The van der Waals surface area contributed by atoms with Gasteiger partial charge >= 0.3 is 0 Å². The molecule has 0 N–H and O–H groups in total. The molecule has 2 aliphatic heterocycles. The molecule has 1 aromatic heterocycles. The van der Waals surface area contributed by atoms with E-state index in [1.807, 2.05) is 30.3 Å². The second kappa shape index (κ2) is 11.0. The van der Waals surface area contributed by atoms with E-state index in [0.717, 1.165) is 25.1 Å². The maximum Gasteiger partial charge on any atom is 0.236 e. The number of nitrogens with zero attached hydrogens (tertiary/aromatic N) is 6. The Morgan fingerprint density at radius 3 is 2.44 bits per heavy atom. The van der Waals surface area contributed by atoms with Crippen molar-refractivity contribution in [1.29, 1.82) is 5.26 Å². The number of hydrogen-bond donors (Lipinski definition) is 0. The van der Waals surface area contributed by atoms with E-state index >= 15 is 0 Å². The molecule has 0 unspecified atom stereocenters. The van der Waals surface area contributed by atoms with Gasteiger partial charge in [0, 0.05) is 58.6 Å². The highest BCUT2D eigenvalue weighted by molar-refractivity contribution is 7.88. The van der Waals surface area contributed by atoms with Gasteiger partial charge in [-0.2, -0.15) is 9.57 Å². The maximum atomic E-state index is 12.9. The molecule has 0 radical (unpaired) electrons. The second-order valence-electron chi connectivity index (χ2n) is 8.62. The molecular formula is C24H30N6O3S. The van der Waals surface area contributed by atoms with Gasteiger partial charge in [-0.1, -0.05) is 30.3 Å². The summed E-state index contributed by atoms with van der Waals surface area (Å²) in [6, 6.07) is 14.9. The first-order chi connectivity index (χ1) is 16.5. The Bertz CT molecular complexity index is 1130. The first-order valence-corrected chi connectivity index (χ1v) is 13.2. The summed E-state index contributed by atoms with van der Waals surface area (Å²) in [7, 11) is -3.41. The Kier molecular flexibility index (Phi) is 7.77. The number of amides is 1. The number of carbonyl (C=O) groups is 1. The van der Waals surface area contributed by atoms with Crippen LogP contribution in [-0.4, -0.2) is 92.3 Å². The number of carbonyl (C=O) groups excluding carboxylic acids is 1. The van der Waals surface area contributed by atoms with Crippen molar-refractivity contribution in [2.24, 2.45) is 0 Å². The summed E-state index contributed by atoms with van der Waals surface area (Å²) in [4.78, 5) is 23.3. The van der Waals surface area contributed by atoms with Crippen molar-refractivity contribution >= 4 is 21.7 Å². The Hall–Kier alpha value is -3.00. The van der Waals surface area contributed by atoms with Crippen molar-refractivity contribution < 1.29 is 13.2 Å². The standard InChI is InChI=1S/C24H30N6O3S/c25-18-22-8-4-9-26-24(22)29-11-5-10-27(12-13-29)19-23(31)28-14-16-30(17-15-28)34(32,33)20-21-6-2-1-3-7-21/h1-4,6-9H,5,10-17,19-20H2. The van der Waals surface area contributed by atoms with Crippen molar-refractivity contribution in [2.45, 2.75) is 12.2 Å². The SMILES string of the molecule is N#Cc1cccnc1N1CCCN(CC(=O)N2CCN(S(=O)(=O)Cc3ccccc3)CC2)CC1. The van der Waals surface area contributed by atoms with Gasteiger partial charge in [0.15, 0.2) is 0 Å². The van der Waals surface area contributed by atoms with Crippen LogP contribution >= 0.6 is 0 Å².